The van der Waals surface area contributed by atoms with Crippen molar-refractivity contribution in [3.63, 3.8) is 0 Å². The minimum atomic E-state index is -4.17. The van der Waals surface area contributed by atoms with Crippen LogP contribution in [0.5, 0.6) is 0 Å². The Morgan fingerprint density at radius 2 is 2.12 bits per heavy atom. The molecule has 1 aromatic carbocycles. The minimum absolute atomic E-state index is 0.593. The number of fused-ring (bicyclic) bond motifs is 1. The lowest BCUT2D eigenvalue weighted by atomic mass is 10.0. The van der Waals surface area contributed by atoms with E-state index in [1.54, 1.807) is 12.1 Å². The molecular weight excluding hydrogens is 229 g/mol. The van der Waals surface area contributed by atoms with Crippen LogP contribution in [0.25, 0.3) is 0 Å². The van der Waals surface area contributed by atoms with E-state index in [2.05, 4.69) is 5.32 Å². The first kappa shape index (κ1) is 12.1. The van der Waals surface area contributed by atoms with Gasteiger partial charge in [-0.25, -0.2) is 0 Å². The molecular formula is C12H15F3N2. The number of hydrogen-bond donors (Lipinski definition) is 1. The van der Waals surface area contributed by atoms with Gasteiger partial charge in [-0.15, -0.1) is 0 Å². The van der Waals surface area contributed by atoms with Crippen molar-refractivity contribution < 1.29 is 13.2 Å². The summed E-state index contributed by atoms with van der Waals surface area (Å²) >= 11 is 0. The molecule has 0 fully saturated rings. The van der Waals surface area contributed by atoms with E-state index in [9.17, 15) is 13.2 Å². The van der Waals surface area contributed by atoms with Crippen LogP contribution in [0, 0.1) is 0 Å². The highest BCUT2D eigenvalue weighted by molar-refractivity contribution is 5.63. The van der Waals surface area contributed by atoms with Crippen molar-refractivity contribution in [3.05, 3.63) is 23.8 Å². The second-order valence-electron chi connectivity index (χ2n) is 4.34. The van der Waals surface area contributed by atoms with Gasteiger partial charge in [-0.3, -0.25) is 0 Å². The van der Waals surface area contributed by atoms with Crippen molar-refractivity contribution in [2.75, 3.05) is 30.4 Å². The number of benzene rings is 1. The summed E-state index contributed by atoms with van der Waals surface area (Å²) in [5.74, 6) is 0. The summed E-state index contributed by atoms with van der Waals surface area (Å²) in [4.78, 5) is 1.22. The van der Waals surface area contributed by atoms with Crippen molar-refractivity contribution in [2.45, 2.75) is 19.0 Å². The summed E-state index contributed by atoms with van der Waals surface area (Å²) in [6.45, 7) is -0.0365. The molecule has 2 nitrogen and oxygen atoms in total. The summed E-state index contributed by atoms with van der Waals surface area (Å²) in [5, 5.41) is 3.21. The van der Waals surface area contributed by atoms with Crippen LogP contribution in [0.1, 0.15) is 12.0 Å². The second-order valence-corrected chi connectivity index (χ2v) is 4.34. The molecule has 0 unspecified atom stereocenters. The number of alkyl halides is 3. The van der Waals surface area contributed by atoms with Crippen molar-refractivity contribution in [1.82, 2.24) is 0 Å². The van der Waals surface area contributed by atoms with E-state index in [-0.39, 0.29) is 0 Å². The Kier molecular flexibility index (Phi) is 3.17. The zero-order valence-electron chi connectivity index (χ0n) is 9.64. The van der Waals surface area contributed by atoms with Crippen molar-refractivity contribution >= 4 is 11.4 Å². The van der Waals surface area contributed by atoms with E-state index in [4.69, 9.17) is 0 Å². The number of anilines is 2. The number of nitrogens with one attached hydrogen (secondary N) is 1. The molecule has 0 radical (unpaired) electrons. The van der Waals surface area contributed by atoms with Crippen LogP contribution < -0.4 is 10.2 Å². The van der Waals surface area contributed by atoms with E-state index in [1.165, 1.54) is 17.5 Å². The van der Waals surface area contributed by atoms with Gasteiger partial charge in [-0.2, -0.15) is 13.2 Å². The van der Waals surface area contributed by atoms with Gasteiger partial charge < -0.3 is 10.2 Å². The van der Waals surface area contributed by atoms with Gasteiger partial charge >= 0.3 is 6.18 Å². The zero-order valence-corrected chi connectivity index (χ0v) is 9.64. The van der Waals surface area contributed by atoms with E-state index in [1.807, 2.05) is 6.07 Å². The van der Waals surface area contributed by atoms with E-state index < -0.39 is 12.7 Å². The zero-order chi connectivity index (χ0) is 12.5. The average Bonchev–Trinajstić information content (AvgIpc) is 2.26. The number of nitrogens with zero attached hydrogens (tertiary/aromatic N) is 1. The number of aryl methyl sites for hydroxylation is 1. The first-order valence-corrected chi connectivity index (χ1v) is 5.60. The second kappa shape index (κ2) is 4.47. The summed E-state index contributed by atoms with van der Waals surface area (Å²) in [7, 11) is 1.46. The molecule has 1 heterocycles. The predicted octanol–water partition coefficient (Wildman–Crippen LogP) is 3.04. The molecule has 2 rings (SSSR count). The smallest absolute Gasteiger partial charge is 0.385 e. The van der Waals surface area contributed by atoms with Crippen molar-refractivity contribution in [3.8, 4) is 0 Å². The van der Waals surface area contributed by atoms with Crippen LogP contribution in [-0.2, 0) is 6.42 Å². The van der Waals surface area contributed by atoms with Crippen LogP contribution in [0.3, 0.4) is 0 Å². The Balaban J connectivity index is 2.16. The molecule has 1 N–H and O–H groups in total. The summed E-state index contributed by atoms with van der Waals surface area (Å²) in [6, 6.07) is 5.45. The number of rotatable bonds is 2. The standard InChI is InChI=1S/C12H15F3N2/c1-17(8-12(13,14)15)10-5-4-9-3-2-6-16-11(9)7-10/h4-5,7,16H,2-3,6,8H2,1H3. The molecule has 1 aliphatic heterocycles. The summed E-state index contributed by atoms with van der Waals surface area (Å²) in [6.07, 6.45) is -2.10. The van der Waals surface area contributed by atoms with E-state index in [0.717, 1.165) is 25.1 Å². The third kappa shape index (κ3) is 3.05. The topological polar surface area (TPSA) is 15.3 Å². The first-order valence-electron chi connectivity index (χ1n) is 5.60. The highest BCUT2D eigenvalue weighted by Crippen LogP contribution is 2.28. The fourth-order valence-corrected chi connectivity index (χ4v) is 2.05. The Morgan fingerprint density at radius 3 is 2.82 bits per heavy atom. The predicted molar refractivity (Wildman–Crippen MR) is 62.6 cm³/mol. The molecule has 5 heteroatoms. The maximum Gasteiger partial charge on any atom is 0.405 e. The fourth-order valence-electron chi connectivity index (χ4n) is 2.05. The van der Waals surface area contributed by atoms with Gasteiger partial charge in [-0.05, 0) is 30.5 Å². The molecule has 1 aromatic rings. The normalized spacial score (nSPS) is 15.1. The largest absolute Gasteiger partial charge is 0.405 e. The van der Waals surface area contributed by atoms with Gasteiger partial charge in [0, 0.05) is 25.0 Å². The van der Waals surface area contributed by atoms with Crippen molar-refractivity contribution in [2.24, 2.45) is 0 Å². The number of hydrogen-bond acceptors (Lipinski definition) is 2. The Hall–Kier alpha value is -1.39. The van der Waals surface area contributed by atoms with Gasteiger partial charge in [0.2, 0.25) is 0 Å². The molecule has 0 spiro atoms. The maximum atomic E-state index is 12.3. The number of halogens is 3. The molecule has 0 saturated carbocycles. The molecule has 0 saturated heterocycles. The lowest BCUT2D eigenvalue weighted by Crippen LogP contribution is -2.31. The minimum Gasteiger partial charge on any atom is -0.385 e. The highest BCUT2D eigenvalue weighted by atomic mass is 19.4. The summed E-state index contributed by atoms with van der Waals surface area (Å²) < 4.78 is 36.8. The SMILES string of the molecule is CN(CC(F)(F)F)c1ccc2c(c1)NCCC2. The molecule has 0 aliphatic carbocycles. The van der Waals surface area contributed by atoms with Gasteiger partial charge in [0.25, 0.3) is 0 Å². The maximum absolute atomic E-state index is 12.3. The van der Waals surface area contributed by atoms with Crippen LogP contribution in [0.4, 0.5) is 24.5 Å². The highest BCUT2D eigenvalue weighted by Gasteiger charge is 2.29. The summed E-state index contributed by atoms with van der Waals surface area (Å²) in [5.41, 5.74) is 2.73. The van der Waals surface area contributed by atoms with Crippen molar-refractivity contribution in [1.29, 1.82) is 0 Å². The van der Waals surface area contributed by atoms with Crippen LogP contribution in [0.2, 0.25) is 0 Å². The molecule has 17 heavy (non-hydrogen) atoms. The molecule has 0 aromatic heterocycles. The third-order valence-electron chi connectivity index (χ3n) is 2.89. The van der Waals surface area contributed by atoms with E-state index >= 15 is 0 Å². The molecule has 1 aliphatic rings. The Labute approximate surface area is 98.4 Å². The lowest BCUT2D eigenvalue weighted by Gasteiger charge is -2.24. The third-order valence-corrected chi connectivity index (χ3v) is 2.89. The van der Waals surface area contributed by atoms with E-state index in [0.29, 0.717) is 5.69 Å². The fraction of sp³-hybridized carbons (Fsp3) is 0.500. The molecule has 0 atom stereocenters. The quantitative estimate of drug-likeness (QED) is 0.860. The van der Waals surface area contributed by atoms with Crippen LogP contribution in [-0.4, -0.2) is 26.3 Å². The van der Waals surface area contributed by atoms with Crippen LogP contribution in [0.15, 0.2) is 18.2 Å². The first-order chi connectivity index (χ1) is 7.96. The lowest BCUT2D eigenvalue weighted by molar-refractivity contribution is -0.119. The Bertz CT molecular complexity index is 401. The molecule has 94 valence electrons. The molecule has 0 bridgehead atoms. The van der Waals surface area contributed by atoms with Gasteiger partial charge in [0.15, 0.2) is 0 Å². The van der Waals surface area contributed by atoms with Gasteiger partial charge in [0.05, 0.1) is 0 Å². The van der Waals surface area contributed by atoms with Gasteiger partial charge in [0.1, 0.15) is 6.54 Å². The average molecular weight is 244 g/mol. The Morgan fingerprint density at radius 1 is 1.35 bits per heavy atom. The van der Waals surface area contributed by atoms with Crippen LogP contribution >= 0.6 is 0 Å². The van der Waals surface area contributed by atoms with Gasteiger partial charge in [-0.1, -0.05) is 6.07 Å². The molecule has 0 amide bonds. The monoisotopic (exact) mass is 244 g/mol.